The molecule has 1 saturated carbocycles. The Bertz CT molecular complexity index is 858. The van der Waals surface area contributed by atoms with Crippen molar-refractivity contribution in [1.82, 2.24) is 5.32 Å². The molecule has 0 unspecified atom stereocenters. The van der Waals surface area contributed by atoms with E-state index in [4.69, 9.17) is 4.74 Å². The average molecular weight is 366 g/mol. The van der Waals surface area contributed by atoms with Crippen LogP contribution in [0.3, 0.4) is 0 Å². The van der Waals surface area contributed by atoms with E-state index in [9.17, 15) is 19.7 Å². The molecule has 1 fully saturated rings. The Morgan fingerprint density at radius 1 is 1.11 bits per heavy atom. The summed E-state index contributed by atoms with van der Waals surface area (Å²) in [5.74, 6) is -1.02. The Morgan fingerprint density at radius 3 is 2.37 bits per heavy atom. The number of carbonyl (C=O) groups excluding carboxylic acids is 2. The summed E-state index contributed by atoms with van der Waals surface area (Å²) in [5.41, 5.74) is 1.17. The van der Waals surface area contributed by atoms with Crippen LogP contribution in [0.15, 0.2) is 60.7 Å². The third-order valence-electron chi connectivity index (χ3n) is 4.01. The number of carbonyl (C=O) groups is 2. The second kappa shape index (κ2) is 8.27. The predicted octanol–water partition coefficient (Wildman–Crippen LogP) is 3.17. The number of nitro groups is 1. The smallest absolute Gasteiger partial charge is 0.331 e. The van der Waals surface area contributed by atoms with E-state index in [-0.39, 0.29) is 17.6 Å². The molecule has 0 aliphatic heterocycles. The van der Waals surface area contributed by atoms with Gasteiger partial charge in [0.1, 0.15) is 0 Å². The van der Waals surface area contributed by atoms with Crippen LogP contribution in [0.4, 0.5) is 5.69 Å². The second-order valence-corrected chi connectivity index (χ2v) is 6.19. The van der Waals surface area contributed by atoms with Gasteiger partial charge in [-0.2, -0.15) is 0 Å². The van der Waals surface area contributed by atoms with Crippen LogP contribution in [0.5, 0.6) is 0 Å². The fourth-order valence-corrected chi connectivity index (χ4v) is 2.43. The van der Waals surface area contributed by atoms with Gasteiger partial charge in [-0.15, -0.1) is 0 Å². The molecular formula is C20H18N2O5. The average Bonchev–Trinajstić information content (AvgIpc) is 3.49. The van der Waals surface area contributed by atoms with Gasteiger partial charge in [-0.25, -0.2) is 4.79 Å². The van der Waals surface area contributed by atoms with Crippen LogP contribution >= 0.6 is 0 Å². The molecular weight excluding hydrogens is 348 g/mol. The Labute approximate surface area is 155 Å². The fraction of sp³-hybridized carbons (Fsp3) is 0.200. The molecule has 0 aromatic heterocycles. The molecule has 138 valence electrons. The minimum atomic E-state index is -1.03. The summed E-state index contributed by atoms with van der Waals surface area (Å²) in [6.45, 7) is 0. The van der Waals surface area contributed by atoms with Crippen molar-refractivity contribution < 1.29 is 19.2 Å². The third-order valence-corrected chi connectivity index (χ3v) is 4.01. The largest absolute Gasteiger partial charge is 0.444 e. The molecule has 1 atom stereocenters. The molecule has 7 nitrogen and oxygen atoms in total. The van der Waals surface area contributed by atoms with Crippen LogP contribution in [-0.2, 0) is 14.3 Å². The number of benzene rings is 2. The minimum Gasteiger partial charge on any atom is -0.444 e. The van der Waals surface area contributed by atoms with Gasteiger partial charge in [0.2, 0.25) is 6.10 Å². The second-order valence-electron chi connectivity index (χ2n) is 6.19. The zero-order valence-corrected chi connectivity index (χ0v) is 14.4. The summed E-state index contributed by atoms with van der Waals surface area (Å²) < 4.78 is 5.36. The first kappa shape index (κ1) is 18.3. The van der Waals surface area contributed by atoms with Crippen molar-refractivity contribution in [3.8, 4) is 0 Å². The van der Waals surface area contributed by atoms with E-state index in [1.807, 2.05) is 6.07 Å². The monoisotopic (exact) mass is 366 g/mol. The molecule has 7 heteroatoms. The summed E-state index contributed by atoms with van der Waals surface area (Å²) >= 11 is 0. The van der Waals surface area contributed by atoms with E-state index < -0.39 is 17.0 Å². The van der Waals surface area contributed by atoms with Crippen LogP contribution in [-0.4, -0.2) is 22.8 Å². The molecule has 1 aliphatic carbocycles. The maximum Gasteiger partial charge on any atom is 0.331 e. The third kappa shape index (κ3) is 5.24. The van der Waals surface area contributed by atoms with Crippen molar-refractivity contribution in [2.24, 2.45) is 0 Å². The number of ether oxygens (including phenoxy) is 1. The standard InChI is InChI=1S/C20H18N2O5/c23-18(13-8-14-6-11-17(12-7-14)22(25)26)27-19(15-4-2-1-3-5-15)20(24)21-16-9-10-16/h1-8,11-13,16,19H,9-10H2,(H,21,24)/b13-8+/t19-/m1/s1. The van der Waals surface area contributed by atoms with E-state index >= 15 is 0 Å². The number of amides is 1. The highest BCUT2D eigenvalue weighted by molar-refractivity contribution is 5.91. The van der Waals surface area contributed by atoms with Gasteiger partial charge >= 0.3 is 5.97 Å². The predicted molar refractivity (Wildman–Crippen MR) is 98.6 cm³/mol. The van der Waals surface area contributed by atoms with Gasteiger partial charge in [0.25, 0.3) is 11.6 Å². The zero-order chi connectivity index (χ0) is 19.2. The van der Waals surface area contributed by atoms with Gasteiger partial charge in [0.05, 0.1) is 4.92 Å². The molecule has 2 aromatic carbocycles. The number of hydrogen-bond donors (Lipinski definition) is 1. The van der Waals surface area contributed by atoms with E-state index in [0.29, 0.717) is 11.1 Å². The lowest BCUT2D eigenvalue weighted by atomic mass is 10.1. The molecule has 1 N–H and O–H groups in total. The number of nitro benzene ring substituents is 1. The molecule has 0 radical (unpaired) electrons. The number of hydrogen-bond acceptors (Lipinski definition) is 5. The zero-order valence-electron chi connectivity index (χ0n) is 14.4. The SMILES string of the molecule is O=C(/C=C/c1ccc([N+](=O)[O-])cc1)O[C@@H](C(=O)NC1CC1)c1ccccc1. The van der Waals surface area contributed by atoms with Crippen LogP contribution < -0.4 is 5.32 Å². The van der Waals surface area contributed by atoms with Crippen LogP contribution in [0.25, 0.3) is 6.08 Å². The first-order chi connectivity index (χ1) is 13.0. The van der Waals surface area contributed by atoms with Crippen molar-refractivity contribution in [1.29, 1.82) is 0 Å². The molecule has 0 spiro atoms. The highest BCUT2D eigenvalue weighted by atomic mass is 16.6. The number of nitrogens with zero attached hydrogens (tertiary/aromatic N) is 1. The van der Waals surface area contributed by atoms with Crippen LogP contribution in [0.2, 0.25) is 0 Å². The van der Waals surface area contributed by atoms with Crippen LogP contribution in [0, 0.1) is 10.1 Å². The first-order valence-corrected chi connectivity index (χ1v) is 8.51. The minimum absolute atomic E-state index is 0.0318. The van der Waals surface area contributed by atoms with E-state index in [2.05, 4.69) is 5.32 Å². The van der Waals surface area contributed by atoms with Gasteiger partial charge in [-0.1, -0.05) is 30.3 Å². The molecule has 0 heterocycles. The summed E-state index contributed by atoms with van der Waals surface area (Å²) in [6.07, 6.45) is 3.51. The van der Waals surface area contributed by atoms with E-state index in [1.54, 1.807) is 24.3 Å². The molecule has 1 aliphatic rings. The quantitative estimate of drug-likeness (QED) is 0.351. The molecule has 0 saturated heterocycles. The number of non-ortho nitro benzene ring substituents is 1. The Kier molecular flexibility index (Phi) is 5.61. The topological polar surface area (TPSA) is 98.5 Å². The normalized spacial score (nSPS) is 14.5. The fourth-order valence-electron chi connectivity index (χ4n) is 2.43. The summed E-state index contributed by atoms with van der Waals surface area (Å²) in [5, 5.41) is 13.5. The first-order valence-electron chi connectivity index (χ1n) is 8.51. The highest BCUT2D eigenvalue weighted by Crippen LogP contribution is 2.23. The number of nitrogens with one attached hydrogen (secondary N) is 1. The van der Waals surface area contributed by atoms with Crippen molar-refractivity contribution >= 4 is 23.6 Å². The summed E-state index contributed by atoms with van der Waals surface area (Å²) in [7, 11) is 0. The van der Waals surface area contributed by atoms with E-state index in [1.165, 1.54) is 36.4 Å². The summed E-state index contributed by atoms with van der Waals surface area (Å²) in [4.78, 5) is 34.8. The van der Waals surface area contributed by atoms with Gasteiger partial charge in [0, 0.05) is 29.8 Å². The molecule has 27 heavy (non-hydrogen) atoms. The summed E-state index contributed by atoms with van der Waals surface area (Å²) in [6, 6.07) is 14.7. The van der Waals surface area contributed by atoms with Crippen molar-refractivity contribution in [3.63, 3.8) is 0 Å². The molecule has 0 bridgehead atoms. The molecule has 1 amide bonds. The van der Waals surface area contributed by atoms with E-state index in [0.717, 1.165) is 12.8 Å². The maximum atomic E-state index is 12.4. The highest BCUT2D eigenvalue weighted by Gasteiger charge is 2.30. The van der Waals surface area contributed by atoms with Crippen LogP contribution in [0.1, 0.15) is 30.1 Å². The Balaban J connectivity index is 1.68. The lowest BCUT2D eigenvalue weighted by Crippen LogP contribution is -2.33. The lowest BCUT2D eigenvalue weighted by Gasteiger charge is -2.17. The molecule has 3 rings (SSSR count). The van der Waals surface area contributed by atoms with Gasteiger partial charge in [0.15, 0.2) is 0 Å². The number of esters is 1. The van der Waals surface area contributed by atoms with Gasteiger partial charge in [-0.05, 0) is 36.6 Å². The number of rotatable bonds is 7. The van der Waals surface area contributed by atoms with Crippen molar-refractivity contribution in [3.05, 3.63) is 81.9 Å². The Hall–Kier alpha value is -3.48. The van der Waals surface area contributed by atoms with Crippen molar-refractivity contribution in [2.45, 2.75) is 25.0 Å². The van der Waals surface area contributed by atoms with Gasteiger partial charge < -0.3 is 10.1 Å². The maximum absolute atomic E-state index is 12.4. The van der Waals surface area contributed by atoms with Crippen molar-refractivity contribution in [2.75, 3.05) is 0 Å². The Morgan fingerprint density at radius 2 is 1.78 bits per heavy atom. The molecule has 2 aromatic rings. The lowest BCUT2D eigenvalue weighted by molar-refractivity contribution is -0.384. The van der Waals surface area contributed by atoms with Gasteiger partial charge in [-0.3, -0.25) is 14.9 Å².